The molecule has 0 radical (unpaired) electrons. The number of carboxylic acid groups (broad SMARTS) is 2. The van der Waals surface area contributed by atoms with Crippen LogP contribution in [0.4, 0.5) is 0 Å². The van der Waals surface area contributed by atoms with Crippen LogP contribution in [0, 0.1) is 17.8 Å². The maximum Gasteiger partial charge on any atom is 0.328 e. The molecule has 0 aromatic carbocycles. The zero-order valence-corrected chi connectivity index (χ0v) is 14.5. The second kappa shape index (κ2) is 9.56. The van der Waals surface area contributed by atoms with Crippen molar-refractivity contribution in [1.29, 1.82) is 0 Å². The predicted molar refractivity (Wildman–Crippen MR) is 92.0 cm³/mol. The maximum atomic E-state index is 12.5. The Kier molecular flexibility index (Phi) is 7.43. The summed E-state index contributed by atoms with van der Waals surface area (Å²) in [6.07, 6.45) is 8.59. The Balaban J connectivity index is 0.000000242. The number of hydrogen-bond donors (Lipinski definition) is 3. The van der Waals surface area contributed by atoms with E-state index >= 15 is 0 Å². The largest absolute Gasteiger partial charge is 0.478 e. The number of aliphatic carboxylic acids is 2. The summed E-state index contributed by atoms with van der Waals surface area (Å²) < 4.78 is 0. The van der Waals surface area contributed by atoms with E-state index in [1.807, 2.05) is 0 Å². The monoisotopic (exact) mass is 352 g/mol. The molecule has 3 rings (SSSR count). The number of carboxylic acids is 2. The van der Waals surface area contributed by atoms with Crippen LogP contribution in [0.25, 0.3) is 0 Å². The highest BCUT2D eigenvalue weighted by molar-refractivity contribution is 5.89. The Morgan fingerprint density at radius 1 is 0.880 bits per heavy atom. The van der Waals surface area contributed by atoms with E-state index < -0.39 is 11.9 Å². The minimum atomic E-state index is -1.26. The lowest BCUT2D eigenvalue weighted by Crippen LogP contribution is -2.54. The van der Waals surface area contributed by atoms with Gasteiger partial charge in [0, 0.05) is 31.2 Å². The third kappa shape index (κ3) is 6.49. The summed E-state index contributed by atoms with van der Waals surface area (Å²) in [7, 11) is 0. The number of likely N-dealkylation sites (tertiary alicyclic amines) is 1. The molecule has 3 N–H and O–H groups in total. The first-order valence-corrected chi connectivity index (χ1v) is 9.09. The van der Waals surface area contributed by atoms with Crippen molar-refractivity contribution in [1.82, 2.24) is 10.2 Å². The van der Waals surface area contributed by atoms with Crippen molar-refractivity contribution in [3.05, 3.63) is 12.2 Å². The van der Waals surface area contributed by atoms with Gasteiger partial charge in [-0.25, -0.2) is 9.59 Å². The Hall–Kier alpha value is -1.89. The Morgan fingerprint density at radius 3 is 1.88 bits per heavy atom. The van der Waals surface area contributed by atoms with Gasteiger partial charge in [-0.3, -0.25) is 4.79 Å². The van der Waals surface area contributed by atoms with E-state index in [0.717, 1.165) is 50.9 Å². The molecule has 3 fully saturated rings. The standard InChI is InChI=1S/C14H24N2O.C4H4O4/c17-14(13-4-2-1-3-5-13)16-9-11-6-12(10-16)8-15-7-11;5-3(6)1-2-4(7)8/h11-13,15H,1-10H2;1-2H,(H,5,6)(H,7,8)/b;2-1+/t11-,12+;. The molecule has 2 atom stereocenters. The summed E-state index contributed by atoms with van der Waals surface area (Å²) in [5.74, 6) is -0.248. The molecule has 0 aromatic heterocycles. The third-order valence-electron chi connectivity index (χ3n) is 5.12. The van der Waals surface area contributed by atoms with E-state index in [0.29, 0.717) is 24.0 Å². The fourth-order valence-corrected chi connectivity index (χ4v) is 4.04. The van der Waals surface area contributed by atoms with Crippen LogP contribution in [-0.4, -0.2) is 59.1 Å². The van der Waals surface area contributed by atoms with E-state index in [2.05, 4.69) is 10.2 Å². The number of amides is 1. The van der Waals surface area contributed by atoms with Gasteiger partial charge in [0.25, 0.3) is 0 Å². The van der Waals surface area contributed by atoms with Crippen LogP contribution in [-0.2, 0) is 14.4 Å². The highest BCUT2D eigenvalue weighted by Gasteiger charge is 2.35. The number of rotatable bonds is 3. The Morgan fingerprint density at radius 2 is 1.40 bits per heavy atom. The normalized spacial score (nSPS) is 26.6. The molecule has 0 unspecified atom stereocenters. The van der Waals surface area contributed by atoms with Crippen LogP contribution in [0.5, 0.6) is 0 Å². The minimum Gasteiger partial charge on any atom is -0.478 e. The molecule has 1 amide bonds. The Bertz CT molecular complexity index is 486. The molecule has 25 heavy (non-hydrogen) atoms. The lowest BCUT2D eigenvalue weighted by Gasteiger charge is -2.43. The van der Waals surface area contributed by atoms with E-state index in [9.17, 15) is 14.4 Å². The molecular weight excluding hydrogens is 324 g/mol. The molecule has 7 heteroatoms. The molecule has 3 aliphatic rings. The van der Waals surface area contributed by atoms with Gasteiger partial charge in [0.2, 0.25) is 5.91 Å². The summed E-state index contributed by atoms with van der Waals surface area (Å²) >= 11 is 0. The summed E-state index contributed by atoms with van der Waals surface area (Å²) in [5.41, 5.74) is 0. The molecule has 7 nitrogen and oxygen atoms in total. The average Bonchev–Trinajstić information content (AvgIpc) is 2.60. The highest BCUT2D eigenvalue weighted by Crippen LogP contribution is 2.29. The van der Waals surface area contributed by atoms with Crippen molar-refractivity contribution in [2.45, 2.75) is 38.5 Å². The summed E-state index contributed by atoms with van der Waals surface area (Å²) in [6.45, 7) is 4.26. The average molecular weight is 352 g/mol. The van der Waals surface area contributed by atoms with Crippen LogP contribution in [0.15, 0.2) is 12.2 Å². The molecular formula is C18H28N2O5. The van der Waals surface area contributed by atoms with Crippen molar-refractivity contribution >= 4 is 17.8 Å². The topological polar surface area (TPSA) is 107 Å². The van der Waals surface area contributed by atoms with Gasteiger partial charge < -0.3 is 20.4 Å². The molecule has 0 aromatic rings. The van der Waals surface area contributed by atoms with Gasteiger partial charge >= 0.3 is 11.9 Å². The predicted octanol–water partition coefficient (Wildman–Crippen LogP) is 1.35. The smallest absolute Gasteiger partial charge is 0.328 e. The fourth-order valence-electron chi connectivity index (χ4n) is 4.04. The quantitative estimate of drug-likeness (QED) is 0.662. The molecule has 140 valence electrons. The lowest BCUT2D eigenvalue weighted by molar-refractivity contribution is -0.140. The zero-order chi connectivity index (χ0) is 18.2. The van der Waals surface area contributed by atoms with Gasteiger partial charge in [-0.05, 0) is 44.2 Å². The van der Waals surface area contributed by atoms with Crippen molar-refractivity contribution in [3.8, 4) is 0 Å². The Labute approximate surface area is 148 Å². The summed E-state index contributed by atoms with van der Waals surface area (Å²) in [6, 6.07) is 0. The lowest BCUT2D eigenvalue weighted by atomic mass is 9.83. The summed E-state index contributed by atoms with van der Waals surface area (Å²) in [5, 5.41) is 19.1. The molecule has 2 saturated heterocycles. The van der Waals surface area contributed by atoms with Gasteiger partial charge in [0.15, 0.2) is 0 Å². The minimum absolute atomic E-state index is 0.357. The number of hydrogen-bond acceptors (Lipinski definition) is 4. The van der Waals surface area contributed by atoms with Gasteiger partial charge in [-0.2, -0.15) is 0 Å². The van der Waals surface area contributed by atoms with Crippen LogP contribution in [0.1, 0.15) is 38.5 Å². The van der Waals surface area contributed by atoms with Crippen LogP contribution in [0.3, 0.4) is 0 Å². The van der Waals surface area contributed by atoms with Gasteiger partial charge in [-0.15, -0.1) is 0 Å². The van der Waals surface area contributed by atoms with E-state index in [-0.39, 0.29) is 0 Å². The SMILES string of the molecule is O=C(C1CCCCC1)N1C[C@@H]2CNC[C@@H](C2)C1.O=C(O)/C=C/C(=O)O. The van der Waals surface area contributed by atoms with Crippen molar-refractivity contribution in [2.24, 2.45) is 17.8 Å². The van der Waals surface area contributed by atoms with Crippen LogP contribution >= 0.6 is 0 Å². The van der Waals surface area contributed by atoms with Crippen molar-refractivity contribution in [2.75, 3.05) is 26.2 Å². The number of nitrogens with zero attached hydrogens (tertiary/aromatic N) is 1. The van der Waals surface area contributed by atoms with Gasteiger partial charge in [0.1, 0.15) is 0 Å². The van der Waals surface area contributed by atoms with E-state index in [1.165, 1.54) is 25.7 Å². The second-order valence-corrected chi connectivity index (χ2v) is 7.21. The first kappa shape index (κ1) is 19.4. The van der Waals surface area contributed by atoms with Crippen molar-refractivity contribution in [3.63, 3.8) is 0 Å². The van der Waals surface area contributed by atoms with Gasteiger partial charge in [0.05, 0.1) is 0 Å². The first-order chi connectivity index (χ1) is 12.0. The van der Waals surface area contributed by atoms with Crippen LogP contribution in [0.2, 0.25) is 0 Å². The fraction of sp³-hybridized carbons (Fsp3) is 0.722. The second-order valence-electron chi connectivity index (χ2n) is 7.21. The maximum absolute atomic E-state index is 12.5. The number of carbonyl (C=O) groups excluding carboxylic acids is 1. The molecule has 1 saturated carbocycles. The first-order valence-electron chi connectivity index (χ1n) is 9.09. The third-order valence-corrected chi connectivity index (χ3v) is 5.12. The van der Waals surface area contributed by atoms with Gasteiger partial charge in [-0.1, -0.05) is 19.3 Å². The molecule has 2 bridgehead atoms. The highest BCUT2D eigenvalue weighted by atomic mass is 16.4. The molecule has 2 aliphatic heterocycles. The molecule has 2 heterocycles. The number of piperidine rings is 2. The van der Waals surface area contributed by atoms with E-state index in [4.69, 9.17) is 10.2 Å². The zero-order valence-electron chi connectivity index (χ0n) is 14.5. The van der Waals surface area contributed by atoms with Crippen LogP contribution < -0.4 is 5.32 Å². The summed E-state index contributed by atoms with van der Waals surface area (Å²) in [4.78, 5) is 33.8. The van der Waals surface area contributed by atoms with E-state index in [1.54, 1.807) is 0 Å². The van der Waals surface area contributed by atoms with Crippen molar-refractivity contribution < 1.29 is 24.6 Å². The molecule has 0 spiro atoms. The number of nitrogens with one attached hydrogen (secondary N) is 1. The number of carbonyl (C=O) groups is 3. The molecule has 1 aliphatic carbocycles. The number of fused-ring (bicyclic) bond motifs is 2.